The van der Waals surface area contributed by atoms with Crippen molar-refractivity contribution in [2.45, 2.75) is 25.7 Å². The summed E-state index contributed by atoms with van der Waals surface area (Å²) in [7, 11) is 0. The molecule has 0 radical (unpaired) electrons. The molecule has 4 heteroatoms. The first-order chi connectivity index (χ1) is 9.25. The lowest BCUT2D eigenvalue weighted by atomic mass is 9.95. The standard InChI is InChI=1S/C15H14ClNOS/c16-12-6-2-3-7-13(12)17-15(18)11-9-19-14-8-4-1-5-10(11)14/h2-3,6-7,9H,1,4-5,8H2,(H,17,18). The first-order valence-corrected chi connectivity index (χ1v) is 7.66. The van der Waals surface area contributed by atoms with Gasteiger partial charge in [-0.1, -0.05) is 23.7 Å². The average Bonchev–Trinajstić information content (AvgIpc) is 2.85. The summed E-state index contributed by atoms with van der Waals surface area (Å²) in [5.41, 5.74) is 2.73. The van der Waals surface area contributed by atoms with Crippen LogP contribution in [0.4, 0.5) is 5.69 Å². The number of halogens is 1. The lowest BCUT2D eigenvalue weighted by Crippen LogP contribution is -2.14. The molecule has 1 aliphatic carbocycles. The number of hydrogen-bond acceptors (Lipinski definition) is 2. The van der Waals surface area contributed by atoms with Crippen LogP contribution < -0.4 is 5.32 Å². The van der Waals surface area contributed by atoms with Crippen LogP contribution in [0.2, 0.25) is 5.02 Å². The molecule has 2 nitrogen and oxygen atoms in total. The second-order valence-corrected chi connectivity index (χ2v) is 6.06. The maximum atomic E-state index is 12.3. The highest BCUT2D eigenvalue weighted by Gasteiger charge is 2.20. The molecule has 1 N–H and O–H groups in total. The van der Waals surface area contributed by atoms with Crippen LogP contribution in [-0.4, -0.2) is 5.91 Å². The predicted octanol–water partition coefficient (Wildman–Crippen LogP) is 4.53. The third-order valence-corrected chi connectivity index (χ3v) is 4.85. The zero-order valence-corrected chi connectivity index (χ0v) is 12.0. The van der Waals surface area contributed by atoms with Gasteiger partial charge in [0.1, 0.15) is 0 Å². The Hall–Kier alpha value is -1.32. The van der Waals surface area contributed by atoms with Crippen molar-refractivity contribution in [3.8, 4) is 0 Å². The topological polar surface area (TPSA) is 29.1 Å². The number of para-hydroxylation sites is 1. The van der Waals surface area contributed by atoms with E-state index in [2.05, 4.69) is 5.32 Å². The average molecular weight is 292 g/mol. The van der Waals surface area contributed by atoms with Crippen molar-refractivity contribution in [3.05, 3.63) is 50.7 Å². The van der Waals surface area contributed by atoms with Crippen LogP contribution in [0.1, 0.15) is 33.6 Å². The minimum absolute atomic E-state index is 0.0486. The fourth-order valence-electron chi connectivity index (χ4n) is 2.44. The Morgan fingerprint density at radius 1 is 1.21 bits per heavy atom. The van der Waals surface area contributed by atoms with Gasteiger partial charge >= 0.3 is 0 Å². The molecule has 3 rings (SSSR count). The summed E-state index contributed by atoms with van der Waals surface area (Å²) in [6, 6.07) is 7.31. The van der Waals surface area contributed by atoms with Crippen LogP contribution in [0.15, 0.2) is 29.6 Å². The Bertz CT molecular complexity index is 620. The van der Waals surface area contributed by atoms with E-state index >= 15 is 0 Å². The Morgan fingerprint density at radius 2 is 2.00 bits per heavy atom. The van der Waals surface area contributed by atoms with E-state index in [-0.39, 0.29) is 5.91 Å². The minimum Gasteiger partial charge on any atom is -0.321 e. The number of amides is 1. The molecule has 1 aromatic carbocycles. The van der Waals surface area contributed by atoms with Crippen LogP contribution >= 0.6 is 22.9 Å². The molecule has 1 aliphatic rings. The fraction of sp³-hybridized carbons (Fsp3) is 0.267. The van der Waals surface area contributed by atoms with Gasteiger partial charge in [-0.05, 0) is 43.4 Å². The van der Waals surface area contributed by atoms with Gasteiger partial charge in [0.25, 0.3) is 5.91 Å². The SMILES string of the molecule is O=C(Nc1ccccc1Cl)c1csc2c1CCCC2. The smallest absolute Gasteiger partial charge is 0.256 e. The van der Waals surface area contributed by atoms with Crippen molar-refractivity contribution >= 4 is 34.5 Å². The molecule has 0 aliphatic heterocycles. The molecule has 0 unspecified atom stereocenters. The van der Waals surface area contributed by atoms with E-state index in [1.165, 1.54) is 23.3 Å². The van der Waals surface area contributed by atoms with Gasteiger partial charge in [0.05, 0.1) is 16.3 Å². The number of thiophene rings is 1. The highest BCUT2D eigenvalue weighted by atomic mass is 35.5. The van der Waals surface area contributed by atoms with Gasteiger partial charge in [-0.3, -0.25) is 4.79 Å². The summed E-state index contributed by atoms with van der Waals surface area (Å²) >= 11 is 7.76. The third kappa shape index (κ3) is 2.53. The van der Waals surface area contributed by atoms with Gasteiger partial charge in [-0.25, -0.2) is 0 Å². The zero-order chi connectivity index (χ0) is 13.2. The molecule has 0 atom stereocenters. The normalized spacial score (nSPS) is 13.9. The molecule has 1 heterocycles. The number of carbonyl (C=O) groups is 1. The van der Waals surface area contributed by atoms with Crippen molar-refractivity contribution in [2.24, 2.45) is 0 Å². The van der Waals surface area contributed by atoms with E-state index in [9.17, 15) is 4.79 Å². The van der Waals surface area contributed by atoms with Crippen molar-refractivity contribution in [1.82, 2.24) is 0 Å². The van der Waals surface area contributed by atoms with Crippen LogP contribution in [0.25, 0.3) is 0 Å². The van der Waals surface area contributed by atoms with Crippen LogP contribution in [0.3, 0.4) is 0 Å². The second kappa shape index (κ2) is 5.35. The molecule has 0 saturated carbocycles. The Labute approximate surface area is 121 Å². The van der Waals surface area contributed by atoms with E-state index < -0.39 is 0 Å². The van der Waals surface area contributed by atoms with E-state index in [0.29, 0.717) is 10.7 Å². The zero-order valence-electron chi connectivity index (χ0n) is 10.4. The van der Waals surface area contributed by atoms with Crippen molar-refractivity contribution in [2.75, 3.05) is 5.32 Å². The van der Waals surface area contributed by atoms with Crippen molar-refractivity contribution in [1.29, 1.82) is 0 Å². The molecule has 1 amide bonds. The maximum absolute atomic E-state index is 12.3. The molecule has 0 bridgehead atoms. The minimum atomic E-state index is -0.0486. The third-order valence-electron chi connectivity index (χ3n) is 3.43. The first-order valence-electron chi connectivity index (χ1n) is 6.41. The number of benzene rings is 1. The summed E-state index contributed by atoms with van der Waals surface area (Å²) in [5.74, 6) is -0.0486. The quantitative estimate of drug-likeness (QED) is 0.865. The van der Waals surface area contributed by atoms with Crippen molar-refractivity contribution < 1.29 is 4.79 Å². The highest BCUT2D eigenvalue weighted by molar-refractivity contribution is 7.10. The lowest BCUT2D eigenvalue weighted by molar-refractivity contribution is 0.102. The van der Waals surface area contributed by atoms with Gasteiger partial charge in [-0.15, -0.1) is 11.3 Å². The molecule has 0 saturated heterocycles. The van der Waals surface area contributed by atoms with E-state index in [1.807, 2.05) is 23.6 Å². The summed E-state index contributed by atoms with van der Waals surface area (Å²) in [6.45, 7) is 0. The maximum Gasteiger partial charge on any atom is 0.256 e. The van der Waals surface area contributed by atoms with Gasteiger partial charge < -0.3 is 5.32 Å². The largest absolute Gasteiger partial charge is 0.321 e. The molecule has 19 heavy (non-hydrogen) atoms. The molecular formula is C15H14ClNOS. The predicted molar refractivity (Wildman–Crippen MR) is 80.4 cm³/mol. The molecule has 1 aromatic heterocycles. The Morgan fingerprint density at radius 3 is 2.84 bits per heavy atom. The number of fused-ring (bicyclic) bond motifs is 1. The monoisotopic (exact) mass is 291 g/mol. The first kappa shape index (κ1) is 12.7. The number of hydrogen-bond donors (Lipinski definition) is 1. The van der Waals surface area contributed by atoms with Gasteiger partial charge in [-0.2, -0.15) is 0 Å². The fourth-order valence-corrected chi connectivity index (χ4v) is 3.75. The van der Waals surface area contributed by atoms with E-state index in [4.69, 9.17) is 11.6 Å². The summed E-state index contributed by atoms with van der Waals surface area (Å²) < 4.78 is 0. The van der Waals surface area contributed by atoms with Crippen LogP contribution in [-0.2, 0) is 12.8 Å². The lowest BCUT2D eigenvalue weighted by Gasteiger charge is -2.13. The molecule has 2 aromatic rings. The second-order valence-electron chi connectivity index (χ2n) is 4.69. The molecule has 0 spiro atoms. The summed E-state index contributed by atoms with van der Waals surface area (Å²) in [4.78, 5) is 13.7. The summed E-state index contributed by atoms with van der Waals surface area (Å²) in [5, 5.41) is 5.44. The molecule has 0 fully saturated rings. The van der Waals surface area contributed by atoms with Gasteiger partial charge in [0, 0.05) is 10.3 Å². The number of carbonyl (C=O) groups excluding carboxylic acids is 1. The number of anilines is 1. The number of nitrogens with one attached hydrogen (secondary N) is 1. The number of rotatable bonds is 2. The Balaban J connectivity index is 1.85. The van der Waals surface area contributed by atoms with E-state index in [1.54, 1.807) is 17.4 Å². The Kier molecular flexibility index (Phi) is 3.58. The van der Waals surface area contributed by atoms with Crippen molar-refractivity contribution in [3.63, 3.8) is 0 Å². The molecule has 98 valence electrons. The van der Waals surface area contributed by atoms with Crippen LogP contribution in [0, 0.1) is 0 Å². The van der Waals surface area contributed by atoms with Crippen LogP contribution in [0.5, 0.6) is 0 Å². The summed E-state index contributed by atoms with van der Waals surface area (Å²) in [6.07, 6.45) is 4.54. The molecular weight excluding hydrogens is 278 g/mol. The highest BCUT2D eigenvalue weighted by Crippen LogP contribution is 2.31. The number of aryl methyl sites for hydroxylation is 1. The van der Waals surface area contributed by atoms with E-state index in [0.717, 1.165) is 18.4 Å². The van der Waals surface area contributed by atoms with Gasteiger partial charge in [0.15, 0.2) is 0 Å². The van der Waals surface area contributed by atoms with Gasteiger partial charge in [0.2, 0.25) is 0 Å².